The number of H-pyrrole nitrogens is 1. The van der Waals surface area contributed by atoms with Gasteiger partial charge in [-0.1, -0.05) is 0 Å². The molecule has 1 atom stereocenters. The third kappa shape index (κ3) is 5.37. The number of aryl methyl sites for hydroxylation is 2. The highest BCUT2D eigenvalue weighted by molar-refractivity contribution is 6.06. The minimum atomic E-state index is -0.225. The third-order valence-corrected chi connectivity index (χ3v) is 6.50. The van der Waals surface area contributed by atoms with Gasteiger partial charge in [-0.3, -0.25) is 4.79 Å². The summed E-state index contributed by atoms with van der Waals surface area (Å²) in [5.74, 6) is -0.112. The molecule has 1 unspecified atom stereocenters. The number of aromatic nitrogens is 1. The SMILES string of the molecule is Cc1c[nH]c(C)c1C(=O)Nc1ccc(Nc2ccc(Nc3ccc(N4CCC(O)C4)cc3)cc2)cc1. The maximum absolute atomic E-state index is 12.6. The van der Waals surface area contributed by atoms with Gasteiger partial charge in [0.15, 0.2) is 0 Å². The Morgan fingerprint density at radius 2 is 1.33 bits per heavy atom. The Bertz CT molecular complexity index is 1310. The van der Waals surface area contributed by atoms with E-state index in [1.807, 2.05) is 68.6 Å². The second kappa shape index (κ2) is 10.2. The van der Waals surface area contributed by atoms with Gasteiger partial charge in [0.05, 0.1) is 11.7 Å². The largest absolute Gasteiger partial charge is 0.391 e. The van der Waals surface area contributed by atoms with Gasteiger partial charge in [-0.15, -0.1) is 0 Å². The molecule has 36 heavy (non-hydrogen) atoms. The number of nitrogens with one attached hydrogen (secondary N) is 4. The smallest absolute Gasteiger partial charge is 0.257 e. The van der Waals surface area contributed by atoms with Gasteiger partial charge in [0.2, 0.25) is 0 Å². The normalized spacial score (nSPS) is 15.1. The van der Waals surface area contributed by atoms with Gasteiger partial charge >= 0.3 is 0 Å². The fraction of sp³-hybridized carbons (Fsp3) is 0.207. The predicted molar refractivity (Wildman–Crippen MR) is 147 cm³/mol. The van der Waals surface area contributed by atoms with Crippen molar-refractivity contribution in [1.29, 1.82) is 0 Å². The van der Waals surface area contributed by atoms with Crippen LogP contribution >= 0.6 is 0 Å². The average molecular weight is 482 g/mol. The van der Waals surface area contributed by atoms with Crippen LogP contribution in [0.15, 0.2) is 79.0 Å². The first-order valence-electron chi connectivity index (χ1n) is 12.2. The summed E-state index contributed by atoms with van der Waals surface area (Å²) in [5.41, 5.74) is 8.29. The lowest BCUT2D eigenvalue weighted by molar-refractivity contribution is 0.102. The fourth-order valence-corrected chi connectivity index (χ4v) is 4.54. The topological polar surface area (TPSA) is 92.4 Å². The number of benzene rings is 3. The molecule has 0 radical (unpaired) electrons. The Balaban J connectivity index is 1.15. The monoisotopic (exact) mass is 481 g/mol. The molecule has 1 aromatic heterocycles. The Kier molecular flexibility index (Phi) is 6.64. The molecule has 0 bridgehead atoms. The van der Waals surface area contributed by atoms with Gasteiger partial charge in [-0.05, 0) is 98.6 Å². The van der Waals surface area contributed by atoms with Crippen LogP contribution < -0.4 is 20.9 Å². The minimum absolute atomic E-state index is 0.112. The number of aromatic amines is 1. The molecule has 0 aliphatic carbocycles. The maximum Gasteiger partial charge on any atom is 0.257 e. The Hall–Kier alpha value is -4.23. The standard InChI is InChI=1S/C29H31N5O2/c1-19-17-30-20(2)28(19)29(36)33-25-9-7-23(8-10-25)31-21-3-5-22(6-4-21)32-24-11-13-26(14-12-24)34-16-15-27(35)18-34/h3-14,17,27,30-32,35H,15-16,18H2,1-2H3,(H,33,36). The number of carbonyl (C=O) groups is 1. The van der Waals surface area contributed by atoms with Gasteiger partial charge in [0.1, 0.15) is 0 Å². The number of carbonyl (C=O) groups excluding carboxylic acids is 1. The Morgan fingerprint density at radius 1 is 0.833 bits per heavy atom. The van der Waals surface area contributed by atoms with Crippen molar-refractivity contribution in [3.63, 3.8) is 0 Å². The van der Waals surface area contributed by atoms with E-state index in [-0.39, 0.29) is 12.0 Å². The predicted octanol–water partition coefficient (Wildman–Crippen LogP) is 5.94. The zero-order valence-corrected chi connectivity index (χ0v) is 20.5. The first-order chi connectivity index (χ1) is 17.4. The van der Waals surface area contributed by atoms with Crippen LogP contribution in [0, 0.1) is 13.8 Å². The number of nitrogens with zero attached hydrogens (tertiary/aromatic N) is 1. The van der Waals surface area contributed by atoms with Crippen molar-refractivity contribution in [3.05, 3.63) is 95.8 Å². The second-order valence-electron chi connectivity index (χ2n) is 9.27. The average Bonchev–Trinajstić information content (AvgIpc) is 3.46. The number of aliphatic hydroxyl groups is 1. The molecule has 1 saturated heterocycles. The van der Waals surface area contributed by atoms with Crippen LogP contribution in [0.5, 0.6) is 0 Å². The summed E-state index contributed by atoms with van der Waals surface area (Å²) >= 11 is 0. The zero-order valence-electron chi connectivity index (χ0n) is 20.5. The van der Waals surface area contributed by atoms with Crippen molar-refractivity contribution in [2.24, 2.45) is 0 Å². The van der Waals surface area contributed by atoms with Gasteiger partial charge in [-0.2, -0.15) is 0 Å². The van der Waals surface area contributed by atoms with Crippen LogP contribution in [-0.4, -0.2) is 35.2 Å². The van der Waals surface area contributed by atoms with Crippen molar-refractivity contribution >= 4 is 40.0 Å². The van der Waals surface area contributed by atoms with E-state index in [0.29, 0.717) is 12.1 Å². The number of aliphatic hydroxyl groups excluding tert-OH is 1. The fourth-order valence-electron chi connectivity index (χ4n) is 4.54. The summed E-state index contributed by atoms with van der Waals surface area (Å²) in [5, 5.41) is 19.5. The van der Waals surface area contributed by atoms with Crippen LogP contribution in [0.4, 0.5) is 34.1 Å². The van der Waals surface area contributed by atoms with E-state index in [9.17, 15) is 9.90 Å². The van der Waals surface area contributed by atoms with Gasteiger partial charge < -0.3 is 30.9 Å². The summed E-state index contributed by atoms with van der Waals surface area (Å²) in [7, 11) is 0. The molecule has 0 spiro atoms. The summed E-state index contributed by atoms with van der Waals surface area (Å²) in [6.45, 7) is 5.41. The van der Waals surface area contributed by atoms with Crippen LogP contribution in [0.2, 0.25) is 0 Å². The first kappa shape index (κ1) is 23.5. The molecule has 1 aliphatic rings. The lowest BCUT2D eigenvalue weighted by Crippen LogP contribution is -2.20. The summed E-state index contributed by atoms with van der Waals surface area (Å²) in [4.78, 5) is 17.9. The molecule has 1 aliphatic heterocycles. The molecule has 4 aromatic rings. The molecule has 3 aromatic carbocycles. The van der Waals surface area contributed by atoms with Crippen molar-refractivity contribution in [2.45, 2.75) is 26.4 Å². The van der Waals surface area contributed by atoms with Gasteiger partial charge in [0.25, 0.3) is 5.91 Å². The van der Waals surface area contributed by atoms with E-state index < -0.39 is 0 Å². The van der Waals surface area contributed by atoms with Gasteiger partial charge in [0, 0.05) is 59.1 Å². The first-order valence-corrected chi connectivity index (χ1v) is 12.2. The van der Waals surface area contributed by atoms with E-state index in [4.69, 9.17) is 0 Å². The molecule has 7 nitrogen and oxygen atoms in total. The van der Waals surface area contributed by atoms with Crippen molar-refractivity contribution < 1.29 is 9.90 Å². The molecule has 2 heterocycles. The highest BCUT2D eigenvalue weighted by Gasteiger charge is 2.20. The van der Waals surface area contributed by atoms with E-state index in [1.165, 1.54) is 0 Å². The number of β-amino-alcohol motifs (C(OH)–C–C–N with tert-alkyl or cyclic N) is 1. The van der Waals surface area contributed by atoms with Gasteiger partial charge in [-0.25, -0.2) is 0 Å². The zero-order chi connectivity index (χ0) is 25.1. The second-order valence-corrected chi connectivity index (χ2v) is 9.27. The summed E-state index contributed by atoms with van der Waals surface area (Å²) in [6, 6.07) is 24.1. The lowest BCUT2D eigenvalue weighted by atomic mass is 10.1. The molecular formula is C29H31N5O2. The number of anilines is 6. The van der Waals surface area contributed by atoms with Crippen LogP contribution in [0.25, 0.3) is 0 Å². The quantitative estimate of drug-likeness (QED) is 0.225. The number of amides is 1. The maximum atomic E-state index is 12.6. The van der Waals surface area contributed by atoms with Crippen molar-refractivity contribution in [3.8, 4) is 0 Å². The Morgan fingerprint density at radius 3 is 1.78 bits per heavy atom. The Labute approximate surface area is 211 Å². The molecule has 0 saturated carbocycles. The van der Waals surface area contributed by atoms with Crippen molar-refractivity contribution in [2.75, 3.05) is 33.9 Å². The number of rotatable bonds is 7. The third-order valence-electron chi connectivity index (χ3n) is 6.50. The highest BCUT2D eigenvalue weighted by atomic mass is 16.3. The van der Waals surface area contributed by atoms with E-state index >= 15 is 0 Å². The summed E-state index contributed by atoms with van der Waals surface area (Å²) < 4.78 is 0. The molecule has 5 N–H and O–H groups in total. The van der Waals surface area contributed by atoms with Crippen LogP contribution in [0.3, 0.4) is 0 Å². The molecule has 5 rings (SSSR count). The number of hydrogen-bond acceptors (Lipinski definition) is 5. The van der Waals surface area contributed by atoms with Crippen molar-refractivity contribution in [1.82, 2.24) is 4.98 Å². The van der Waals surface area contributed by atoms with E-state index in [2.05, 4.69) is 50.1 Å². The molecule has 184 valence electrons. The van der Waals surface area contributed by atoms with Crippen LogP contribution in [0.1, 0.15) is 28.0 Å². The number of hydrogen-bond donors (Lipinski definition) is 5. The van der Waals surface area contributed by atoms with E-state index in [1.54, 1.807) is 0 Å². The molecule has 1 fully saturated rings. The van der Waals surface area contributed by atoms with Crippen LogP contribution in [-0.2, 0) is 0 Å². The molecule has 1 amide bonds. The van der Waals surface area contributed by atoms with E-state index in [0.717, 1.165) is 58.3 Å². The lowest BCUT2D eigenvalue weighted by Gasteiger charge is -2.18. The summed E-state index contributed by atoms with van der Waals surface area (Å²) in [6.07, 6.45) is 2.45. The molecule has 7 heteroatoms. The highest BCUT2D eigenvalue weighted by Crippen LogP contribution is 2.26. The minimum Gasteiger partial charge on any atom is -0.391 e. The molecular weight excluding hydrogens is 450 g/mol.